The van der Waals surface area contributed by atoms with Gasteiger partial charge in [-0.1, -0.05) is 73.5 Å². The SMILES string of the molecule is CC(C)SSC(C)c1ccc(C(=O)C(C)C)cc1. The monoisotopic (exact) mass is 282 g/mol. The number of Topliss-reactive ketones (excluding diaryl/α,β-unsaturated/α-hetero) is 1. The Morgan fingerprint density at radius 1 is 0.944 bits per heavy atom. The third-order valence-corrected chi connectivity index (χ3v) is 5.99. The number of carbonyl (C=O) groups is 1. The van der Waals surface area contributed by atoms with Crippen LogP contribution in [0.2, 0.25) is 0 Å². The molecule has 100 valence electrons. The van der Waals surface area contributed by atoms with Crippen LogP contribution in [-0.4, -0.2) is 11.0 Å². The first-order chi connectivity index (χ1) is 8.41. The van der Waals surface area contributed by atoms with Gasteiger partial charge in [0.2, 0.25) is 0 Å². The van der Waals surface area contributed by atoms with E-state index in [1.165, 1.54) is 5.56 Å². The molecule has 0 amide bonds. The number of rotatable bonds is 6. The largest absolute Gasteiger partial charge is 0.294 e. The minimum absolute atomic E-state index is 0.0687. The molecule has 1 aromatic carbocycles. The molecule has 1 atom stereocenters. The first-order valence-corrected chi connectivity index (χ1v) is 8.65. The smallest absolute Gasteiger partial charge is 0.165 e. The molecular weight excluding hydrogens is 260 g/mol. The molecule has 0 heterocycles. The van der Waals surface area contributed by atoms with Crippen molar-refractivity contribution < 1.29 is 4.79 Å². The van der Waals surface area contributed by atoms with Gasteiger partial charge in [0.05, 0.1) is 0 Å². The molecule has 0 bridgehead atoms. The van der Waals surface area contributed by atoms with Gasteiger partial charge in [-0.3, -0.25) is 4.79 Å². The predicted octanol–water partition coefficient (Wildman–Crippen LogP) is 5.38. The molecule has 0 aliphatic rings. The quantitative estimate of drug-likeness (QED) is 0.515. The van der Waals surface area contributed by atoms with E-state index < -0.39 is 0 Å². The Morgan fingerprint density at radius 2 is 1.50 bits per heavy atom. The molecule has 1 unspecified atom stereocenters. The third kappa shape index (κ3) is 4.69. The Balaban J connectivity index is 2.67. The third-order valence-electron chi connectivity index (χ3n) is 2.58. The second kappa shape index (κ2) is 7.25. The first kappa shape index (κ1) is 15.6. The fraction of sp³-hybridized carbons (Fsp3) is 0.533. The lowest BCUT2D eigenvalue weighted by molar-refractivity contribution is 0.0939. The van der Waals surface area contributed by atoms with Crippen LogP contribution in [0.1, 0.15) is 55.8 Å². The molecule has 3 heteroatoms. The van der Waals surface area contributed by atoms with Crippen LogP contribution in [0.5, 0.6) is 0 Å². The van der Waals surface area contributed by atoms with Crippen LogP contribution in [0.3, 0.4) is 0 Å². The summed E-state index contributed by atoms with van der Waals surface area (Å²) in [5.41, 5.74) is 2.11. The summed E-state index contributed by atoms with van der Waals surface area (Å²) in [6.07, 6.45) is 0. The van der Waals surface area contributed by atoms with Gasteiger partial charge < -0.3 is 0 Å². The van der Waals surface area contributed by atoms with Gasteiger partial charge in [-0.05, 0) is 12.5 Å². The molecule has 0 fully saturated rings. The predicted molar refractivity (Wildman–Crippen MR) is 84.3 cm³/mol. The average Bonchev–Trinajstić information content (AvgIpc) is 2.35. The van der Waals surface area contributed by atoms with Crippen molar-refractivity contribution in [3.8, 4) is 0 Å². The van der Waals surface area contributed by atoms with Crippen molar-refractivity contribution in [1.29, 1.82) is 0 Å². The molecule has 0 saturated heterocycles. The van der Waals surface area contributed by atoms with Crippen molar-refractivity contribution in [2.75, 3.05) is 0 Å². The van der Waals surface area contributed by atoms with E-state index in [1.54, 1.807) is 0 Å². The normalized spacial score (nSPS) is 13.1. The van der Waals surface area contributed by atoms with Gasteiger partial charge in [0.15, 0.2) is 5.78 Å². The number of hydrogen-bond acceptors (Lipinski definition) is 3. The Hall–Kier alpha value is -0.410. The van der Waals surface area contributed by atoms with Crippen LogP contribution >= 0.6 is 21.6 Å². The van der Waals surface area contributed by atoms with E-state index in [-0.39, 0.29) is 11.7 Å². The van der Waals surface area contributed by atoms with E-state index in [0.717, 1.165) is 5.56 Å². The van der Waals surface area contributed by atoms with Crippen LogP contribution in [0.25, 0.3) is 0 Å². The molecule has 0 saturated carbocycles. The van der Waals surface area contributed by atoms with Crippen molar-refractivity contribution >= 4 is 27.4 Å². The summed E-state index contributed by atoms with van der Waals surface area (Å²) >= 11 is 0. The zero-order chi connectivity index (χ0) is 13.7. The van der Waals surface area contributed by atoms with E-state index >= 15 is 0 Å². The summed E-state index contributed by atoms with van der Waals surface area (Å²) in [6, 6.07) is 8.06. The molecule has 0 aliphatic heterocycles. The van der Waals surface area contributed by atoms with Gasteiger partial charge in [-0.15, -0.1) is 0 Å². The lowest BCUT2D eigenvalue weighted by Crippen LogP contribution is -2.07. The fourth-order valence-corrected chi connectivity index (χ4v) is 3.66. The zero-order valence-corrected chi connectivity index (χ0v) is 13.4. The van der Waals surface area contributed by atoms with E-state index in [9.17, 15) is 4.79 Å². The second-order valence-corrected chi connectivity index (χ2v) is 8.21. The summed E-state index contributed by atoms with van der Waals surface area (Å²) in [7, 11) is 3.79. The molecule has 1 nitrogen and oxygen atoms in total. The van der Waals surface area contributed by atoms with Crippen LogP contribution in [0, 0.1) is 5.92 Å². The van der Waals surface area contributed by atoms with Crippen molar-refractivity contribution in [3.05, 3.63) is 35.4 Å². The van der Waals surface area contributed by atoms with Gasteiger partial charge in [0.25, 0.3) is 0 Å². The van der Waals surface area contributed by atoms with Gasteiger partial charge in [-0.2, -0.15) is 0 Å². The summed E-state index contributed by atoms with van der Waals surface area (Å²) in [5, 5.41) is 1.10. The summed E-state index contributed by atoms with van der Waals surface area (Å²) in [4.78, 5) is 11.8. The van der Waals surface area contributed by atoms with Crippen LogP contribution in [0.4, 0.5) is 0 Å². The lowest BCUT2D eigenvalue weighted by Gasteiger charge is -2.13. The molecule has 1 rings (SSSR count). The van der Waals surface area contributed by atoms with E-state index in [2.05, 4.69) is 32.9 Å². The minimum atomic E-state index is 0.0687. The van der Waals surface area contributed by atoms with Crippen molar-refractivity contribution in [2.24, 2.45) is 5.92 Å². The molecule has 0 aliphatic carbocycles. The fourth-order valence-electron chi connectivity index (χ4n) is 1.50. The highest BCUT2D eigenvalue weighted by molar-refractivity contribution is 8.77. The summed E-state index contributed by atoms with van der Waals surface area (Å²) in [6.45, 7) is 10.5. The number of hydrogen-bond donors (Lipinski definition) is 0. The number of benzene rings is 1. The molecular formula is C15H22OS2. The summed E-state index contributed by atoms with van der Waals surface area (Å²) in [5.74, 6) is 0.289. The van der Waals surface area contributed by atoms with Crippen molar-refractivity contribution in [3.63, 3.8) is 0 Å². The first-order valence-electron chi connectivity index (χ1n) is 6.38. The highest BCUT2D eigenvalue weighted by Gasteiger charge is 2.12. The van der Waals surface area contributed by atoms with Gasteiger partial charge in [-0.25, -0.2) is 0 Å². The lowest BCUT2D eigenvalue weighted by atomic mass is 9.99. The van der Waals surface area contributed by atoms with E-state index in [1.807, 2.05) is 47.6 Å². The van der Waals surface area contributed by atoms with Crippen LogP contribution < -0.4 is 0 Å². The van der Waals surface area contributed by atoms with Crippen LogP contribution in [0.15, 0.2) is 24.3 Å². The Labute approximate surface area is 119 Å². The van der Waals surface area contributed by atoms with Gasteiger partial charge >= 0.3 is 0 Å². The van der Waals surface area contributed by atoms with E-state index in [4.69, 9.17) is 0 Å². The highest BCUT2D eigenvalue weighted by atomic mass is 33.1. The van der Waals surface area contributed by atoms with Crippen molar-refractivity contribution in [1.82, 2.24) is 0 Å². The molecule has 0 aromatic heterocycles. The number of ketones is 1. The van der Waals surface area contributed by atoms with E-state index in [0.29, 0.717) is 10.5 Å². The Morgan fingerprint density at radius 3 is 1.94 bits per heavy atom. The van der Waals surface area contributed by atoms with Crippen LogP contribution in [-0.2, 0) is 0 Å². The topological polar surface area (TPSA) is 17.1 Å². The molecule has 1 aromatic rings. The maximum atomic E-state index is 11.8. The Bertz CT molecular complexity index is 382. The highest BCUT2D eigenvalue weighted by Crippen LogP contribution is 2.39. The van der Waals surface area contributed by atoms with Gasteiger partial charge in [0, 0.05) is 22.0 Å². The Kier molecular flexibility index (Phi) is 6.30. The molecule has 18 heavy (non-hydrogen) atoms. The maximum absolute atomic E-state index is 11.8. The standard InChI is InChI=1S/C15H22OS2/c1-10(2)15(16)14-8-6-13(7-9-14)12(5)18-17-11(3)4/h6-12H,1-5H3. The second-order valence-electron chi connectivity index (χ2n) is 5.02. The van der Waals surface area contributed by atoms with Crippen molar-refractivity contribution in [2.45, 2.75) is 45.1 Å². The average molecular weight is 282 g/mol. The summed E-state index contributed by atoms with van der Waals surface area (Å²) < 4.78 is 0. The maximum Gasteiger partial charge on any atom is 0.165 e. The zero-order valence-electron chi connectivity index (χ0n) is 11.8. The molecule has 0 N–H and O–H groups in total. The number of carbonyl (C=O) groups excluding carboxylic acids is 1. The minimum Gasteiger partial charge on any atom is -0.294 e. The van der Waals surface area contributed by atoms with Gasteiger partial charge in [0.1, 0.15) is 0 Å². The molecule has 0 spiro atoms. The molecule has 0 radical (unpaired) electrons.